The van der Waals surface area contributed by atoms with Crippen LogP contribution in [0, 0.1) is 11.8 Å². The van der Waals surface area contributed by atoms with Crippen LogP contribution < -0.4 is 5.32 Å². The number of benzene rings is 2. The van der Waals surface area contributed by atoms with E-state index < -0.39 is 0 Å². The predicted octanol–water partition coefficient (Wildman–Crippen LogP) is 6.50. The third-order valence-corrected chi connectivity index (χ3v) is 6.96. The molecule has 0 heterocycles. The normalized spacial score (nSPS) is 24.6. The van der Waals surface area contributed by atoms with Crippen LogP contribution >= 0.6 is 0 Å². The van der Waals surface area contributed by atoms with Crippen LogP contribution in [-0.4, -0.2) is 18.6 Å². The van der Waals surface area contributed by atoms with Crippen molar-refractivity contribution < 1.29 is 9.53 Å². The minimum absolute atomic E-state index is 0.124. The zero-order chi connectivity index (χ0) is 21.6. The fourth-order valence-corrected chi connectivity index (χ4v) is 5.38. The molecule has 0 saturated heterocycles. The third-order valence-electron chi connectivity index (χ3n) is 6.96. The van der Waals surface area contributed by atoms with Crippen LogP contribution in [0.5, 0.6) is 0 Å². The summed E-state index contributed by atoms with van der Waals surface area (Å²) in [5, 5.41) is 6.61. The van der Waals surface area contributed by atoms with E-state index in [-0.39, 0.29) is 5.97 Å². The van der Waals surface area contributed by atoms with Crippen molar-refractivity contribution in [2.75, 3.05) is 6.61 Å². The van der Waals surface area contributed by atoms with Crippen molar-refractivity contribution >= 4 is 16.7 Å². The maximum atomic E-state index is 11.7. The standard InChI is InChI=1S/C28H35NO2/c1-3-31-28(30)18-21-14-16-22(17-15-21)24-10-6-11-25(19-24)29-20(2)26-13-7-9-23-8-4-5-12-27(23)26/h4-5,7-9,12-16,20,22,24-25,29H,3,6,10-11,17-19H2,1-2H3/t20-,22?,24+,25+/m1/s1. The molecule has 2 aliphatic rings. The topological polar surface area (TPSA) is 38.3 Å². The van der Waals surface area contributed by atoms with E-state index in [4.69, 9.17) is 4.74 Å². The molecular formula is C28H35NO2. The predicted molar refractivity (Wildman–Crippen MR) is 128 cm³/mol. The van der Waals surface area contributed by atoms with Gasteiger partial charge in [0.05, 0.1) is 13.0 Å². The molecule has 0 aliphatic heterocycles. The fraction of sp³-hybridized carbons (Fsp3) is 0.464. The van der Waals surface area contributed by atoms with Crippen LogP contribution in [0.15, 0.2) is 66.3 Å². The molecule has 3 nitrogen and oxygen atoms in total. The van der Waals surface area contributed by atoms with Crippen LogP contribution in [0.2, 0.25) is 0 Å². The molecule has 4 atom stereocenters. The summed E-state index contributed by atoms with van der Waals surface area (Å²) < 4.78 is 5.08. The molecule has 0 spiro atoms. The number of esters is 1. The van der Waals surface area contributed by atoms with Gasteiger partial charge < -0.3 is 10.1 Å². The van der Waals surface area contributed by atoms with Crippen molar-refractivity contribution in [2.24, 2.45) is 11.8 Å². The van der Waals surface area contributed by atoms with Crippen LogP contribution in [0.4, 0.5) is 0 Å². The van der Waals surface area contributed by atoms with Gasteiger partial charge in [-0.3, -0.25) is 4.79 Å². The van der Waals surface area contributed by atoms with Crippen molar-refractivity contribution in [1.29, 1.82) is 0 Å². The summed E-state index contributed by atoms with van der Waals surface area (Å²) in [5.74, 6) is 1.17. The Labute approximate surface area is 186 Å². The fourth-order valence-electron chi connectivity index (χ4n) is 5.38. The van der Waals surface area contributed by atoms with Crippen LogP contribution in [-0.2, 0) is 9.53 Å². The summed E-state index contributed by atoms with van der Waals surface area (Å²) in [4.78, 5) is 11.7. The average Bonchev–Trinajstić information content (AvgIpc) is 2.79. The quantitative estimate of drug-likeness (QED) is 0.522. The molecule has 0 radical (unpaired) electrons. The molecule has 1 saturated carbocycles. The zero-order valence-corrected chi connectivity index (χ0v) is 18.8. The molecule has 0 amide bonds. The largest absolute Gasteiger partial charge is 0.466 e. The lowest BCUT2D eigenvalue weighted by atomic mass is 9.74. The molecule has 3 heteroatoms. The highest BCUT2D eigenvalue weighted by molar-refractivity contribution is 5.86. The number of fused-ring (bicyclic) bond motifs is 1. The number of hydrogen-bond acceptors (Lipinski definition) is 3. The van der Waals surface area contributed by atoms with Crippen molar-refractivity contribution in [2.45, 2.75) is 64.5 Å². The van der Waals surface area contributed by atoms with E-state index >= 15 is 0 Å². The van der Waals surface area contributed by atoms with Gasteiger partial charge in [0.25, 0.3) is 0 Å². The number of allylic oxidation sites excluding steroid dienone is 3. The van der Waals surface area contributed by atoms with Gasteiger partial charge in [-0.05, 0) is 73.3 Å². The van der Waals surface area contributed by atoms with E-state index in [1.54, 1.807) is 0 Å². The summed E-state index contributed by atoms with van der Waals surface area (Å²) in [6, 6.07) is 16.2. The lowest BCUT2D eigenvalue weighted by molar-refractivity contribution is -0.142. The summed E-state index contributed by atoms with van der Waals surface area (Å²) in [7, 11) is 0. The molecule has 0 aromatic heterocycles. The van der Waals surface area contributed by atoms with Gasteiger partial charge in [-0.25, -0.2) is 0 Å². The number of carbonyl (C=O) groups excluding carboxylic acids is 1. The molecular weight excluding hydrogens is 382 g/mol. The number of ether oxygens (including phenoxy) is 1. The number of nitrogens with one attached hydrogen (secondary N) is 1. The van der Waals surface area contributed by atoms with Gasteiger partial charge in [-0.1, -0.05) is 67.1 Å². The number of rotatable bonds is 7. The van der Waals surface area contributed by atoms with Crippen molar-refractivity contribution in [3.05, 3.63) is 71.8 Å². The Morgan fingerprint density at radius 2 is 2.00 bits per heavy atom. The summed E-state index contributed by atoms with van der Waals surface area (Å²) >= 11 is 0. The third kappa shape index (κ3) is 5.46. The van der Waals surface area contributed by atoms with Gasteiger partial charge in [-0.2, -0.15) is 0 Å². The first kappa shape index (κ1) is 21.8. The minimum Gasteiger partial charge on any atom is -0.466 e. The van der Waals surface area contributed by atoms with Gasteiger partial charge in [0.2, 0.25) is 0 Å². The lowest BCUT2D eigenvalue weighted by Crippen LogP contribution is -2.37. The van der Waals surface area contributed by atoms with E-state index in [0.29, 0.717) is 36.9 Å². The van der Waals surface area contributed by atoms with Crippen LogP contribution in [0.25, 0.3) is 10.8 Å². The van der Waals surface area contributed by atoms with Crippen LogP contribution in [0.3, 0.4) is 0 Å². The Bertz CT molecular complexity index is 955. The molecule has 2 aliphatic carbocycles. The molecule has 4 rings (SSSR count). The first-order valence-electron chi connectivity index (χ1n) is 11.9. The van der Waals surface area contributed by atoms with Gasteiger partial charge in [0.15, 0.2) is 0 Å². The van der Waals surface area contributed by atoms with Crippen molar-refractivity contribution in [3.63, 3.8) is 0 Å². The van der Waals surface area contributed by atoms with E-state index in [1.165, 1.54) is 42.0 Å². The van der Waals surface area contributed by atoms with E-state index in [9.17, 15) is 4.79 Å². The molecule has 0 bridgehead atoms. The second kappa shape index (κ2) is 10.3. The number of carbonyl (C=O) groups is 1. The Hall–Kier alpha value is -2.39. The summed E-state index contributed by atoms with van der Waals surface area (Å²) in [5.41, 5.74) is 2.49. The Morgan fingerprint density at radius 3 is 2.81 bits per heavy atom. The summed E-state index contributed by atoms with van der Waals surface area (Å²) in [6.45, 7) is 4.61. The molecule has 31 heavy (non-hydrogen) atoms. The first-order chi connectivity index (χ1) is 15.1. The van der Waals surface area contributed by atoms with Crippen LogP contribution in [0.1, 0.15) is 64.0 Å². The Balaban J connectivity index is 1.34. The second-order valence-electron chi connectivity index (χ2n) is 9.10. The lowest BCUT2D eigenvalue weighted by Gasteiger charge is -2.36. The van der Waals surface area contributed by atoms with Gasteiger partial charge in [0.1, 0.15) is 0 Å². The second-order valence-corrected chi connectivity index (χ2v) is 9.10. The maximum Gasteiger partial charge on any atom is 0.310 e. The highest BCUT2D eigenvalue weighted by atomic mass is 16.5. The van der Waals surface area contributed by atoms with E-state index in [1.807, 2.05) is 6.92 Å². The van der Waals surface area contributed by atoms with Gasteiger partial charge in [-0.15, -0.1) is 0 Å². The first-order valence-corrected chi connectivity index (χ1v) is 11.9. The maximum absolute atomic E-state index is 11.7. The van der Waals surface area contributed by atoms with E-state index in [0.717, 1.165) is 12.0 Å². The molecule has 1 fully saturated rings. The average molecular weight is 418 g/mol. The van der Waals surface area contributed by atoms with Crippen molar-refractivity contribution in [3.8, 4) is 0 Å². The van der Waals surface area contributed by atoms with E-state index in [2.05, 4.69) is 72.9 Å². The monoisotopic (exact) mass is 417 g/mol. The zero-order valence-electron chi connectivity index (χ0n) is 18.8. The SMILES string of the molecule is CCOC(=O)CC1=CCC([C@H]2CCC[C@H](N[C@H](C)c3cccc4ccccc34)C2)C=C1. The summed E-state index contributed by atoms with van der Waals surface area (Å²) in [6.07, 6.45) is 13.3. The number of hydrogen-bond donors (Lipinski definition) is 1. The Kier molecular flexibility index (Phi) is 7.24. The molecule has 1 unspecified atom stereocenters. The minimum atomic E-state index is -0.124. The smallest absolute Gasteiger partial charge is 0.310 e. The highest BCUT2D eigenvalue weighted by Gasteiger charge is 2.28. The van der Waals surface area contributed by atoms with Gasteiger partial charge >= 0.3 is 5.97 Å². The molecule has 2 aromatic rings. The van der Waals surface area contributed by atoms with Gasteiger partial charge in [0, 0.05) is 12.1 Å². The van der Waals surface area contributed by atoms with Crippen molar-refractivity contribution in [1.82, 2.24) is 5.32 Å². The Morgan fingerprint density at radius 1 is 1.16 bits per heavy atom. The molecule has 2 aromatic carbocycles. The molecule has 1 N–H and O–H groups in total. The highest BCUT2D eigenvalue weighted by Crippen LogP contribution is 2.36. The molecule has 164 valence electrons.